The van der Waals surface area contributed by atoms with Gasteiger partial charge in [0.15, 0.2) is 11.6 Å². The Hall–Kier alpha value is -1.25. The number of anilines is 1. The number of hydrogen-bond donors (Lipinski definition) is 1. The zero-order valence-corrected chi connectivity index (χ0v) is 7.51. The van der Waals surface area contributed by atoms with Gasteiger partial charge >= 0.3 is 0 Å². The van der Waals surface area contributed by atoms with E-state index in [1.807, 2.05) is 13.0 Å². The Morgan fingerprint density at radius 3 is 3.23 bits per heavy atom. The van der Waals surface area contributed by atoms with Crippen LogP contribution in [0.15, 0.2) is 18.2 Å². The van der Waals surface area contributed by atoms with Crippen LogP contribution in [0.5, 0.6) is 5.75 Å². The van der Waals surface area contributed by atoms with Crippen LogP contribution in [0, 0.1) is 5.82 Å². The van der Waals surface area contributed by atoms with Crippen molar-refractivity contribution < 1.29 is 9.13 Å². The molecule has 70 valence electrons. The molecule has 0 aliphatic carbocycles. The van der Waals surface area contributed by atoms with Crippen LogP contribution in [-0.2, 0) is 0 Å². The molecule has 1 aliphatic rings. The first-order valence-electron chi connectivity index (χ1n) is 4.50. The predicted molar refractivity (Wildman–Crippen MR) is 49.6 cm³/mol. The van der Waals surface area contributed by atoms with Gasteiger partial charge in [0.1, 0.15) is 6.10 Å². The second kappa shape index (κ2) is 3.24. The van der Waals surface area contributed by atoms with Gasteiger partial charge < -0.3 is 10.1 Å². The zero-order valence-electron chi connectivity index (χ0n) is 7.51. The van der Waals surface area contributed by atoms with Gasteiger partial charge in [-0.05, 0) is 18.6 Å². The van der Waals surface area contributed by atoms with Crippen molar-refractivity contribution in [2.45, 2.75) is 19.4 Å². The Balaban J connectivity index is 2.32. The van der Waals surface area contributed by atoms with Gasteiger partial charge in [-0.25, -0.2) is 4.39 Å². The molecule has 0 saturated heterocycles. The summed E-state index contributed by atoms with van der Waals surface area (Å²) in [4.78, 5) is 0. The van der Waals surface area contributed by atoms with Gasteiger partial charge in [0, 0.05) is 0 Å². The highest BCUT2D eigenvalue weighted by Crippen LogP contribution is 2.31. The zero-order chi connectivity index (χ0) is 9.26. The number of halogens is 1. The Morgan fingerprint density at radius 1 is 1.62 bits per heavy atom. The summed E-state index contributed by atoms with van der Waals surface area (Å²) >= 11 is 0. The molecule has 0 radical (unpaired) electrons. The standard InChI is InChI=1S/C10H12FNO/c1-2-7-6-12-9-5-3-4-8(11)10(9)13-7/h3-5,7,12H,2,6H2,1H3. The first-order chi connectivity index (χ1) is 6.31. The molecule has 2 rings (SSSR count). The third kappa shape index (κ3) is 1.46. The second-order valence-corrected chi connectivity index (χ2v) is 3.15. The lowest BCUT2D eigenvalue weighted by Gasteiger charge is -2.26. The number of fused-ring (bicyclic) bond motifs is 1. The molecular formula is C10H12FNO. The summed E-state index contributed by atoms with van der Waals surface area (Å²) in [6.45, 7) is 2.78. The molecule has 13 heavy (non-hydrogen) atoms. The molecular weight excluding hydrogens is 169 g/mol. The monoisotopic (exact) mass is 181 g/mol. The van der Waals surface area contributed by atoms with E-state index in [1.54, 1.807) is 6.07 Å². The fourth-order valence-corrected chi connectivity index (χ4v) is 1.43. The molecule has 1 atom stereocenters. The minimum absolute atomic E-state index is 0.0874. The highest BCUT2D eigenvalue weighted by atomic mass is 19.1. The van der Waals surface area contributed by atoms with Crippen LogP contribution in [0.1, 0.15) is 13.3 Å². The maximum atomic E-state index is 13.2. The summed E-state index contributed by atoms with van der Waals surface area (Å²) in [5, 5.41) is 3.14. The quantitative estimate of drug-likeness (QED) is 0.718. The highest BCUT2D eigenvalue weighted by molar-refractivity contribution is 5.58. The van der Waals surface area contributed by atoms with Crippen LogP contribution in [0.2, 0.25) is 0 Å². The van der Waals surface area contributed by atoms with Crippen molar-refractivity contribution >= 4 is 5.69 Å². The molecule has 1 heterocycles. The number of para-hydroxylation sites is 1. The summed E-state index contributed by atoms with van der Waals surface area (Å²) in [5.41, 5.74) is 0.754. The van der Waals surface area contributed by atoms with Gasteiger partial charge in [-0.3, -0.25) is 0 Å². The summed E-state index contributed by atoms with van der Waals surface area (Å²) in [6, 6.07) is 4.92. The van der Waals surface area contributed by atoms with E-state index in [4.69, 9.17) is 4.74 Å². The van der Waals surface area contributed by atoms with Crippen molar-refractivity contribution in [2.75, 3.05) is 11.9 Å². The number of ether oxygens (including phenoxy) is 1. The molecule has 0 spiro atoms. The molecule has 0 amide bonds. The van der Waals surface area contributed by atoms with Crippen molar-refractivity contribution in [2.24, 2.45) is 0 Å². The average molecular weight is 181 g/mol. The fourth-order valence-electron chi connectivity index (χ4n) is 1.43. The molecule has 3 heteroatoms. The van der Waals surface area contributed by atoms with Gasteiger partial charge in [0.2, 0.25) is 0 Å². The smallest absolute Gasteiger partial charge is 0.178 e. The molecule has 1 aliphatic heterocycles. The molecule has 1 aromatic rings. The van der Waals surface area contributed by atoms with E-state index in [0.717, 1.165) is 18.7 Å². The van der Waals surface area contributed by atoms with Crippen LogP contribution >= 0.6 is 0 Å². The minimum atomic E-state index is -0.289. The van der Waals surface area contributed by atoms with Crippen LogP contribution in [0.4, 0.5) is 10.1 Å². The molecule has 0 fully saturated rings. The first-order valence-corrected chi connectivity index (χ1v) is 4.50. The van der Waals surface area contributed by atoms with E-state index in [9.17, 15) is 4.39 Å². The number of hydrogen-bond acceptors (Lipinski definition) is 2. The molecule has 2 nitrogen and oxygen atoms in total. The van der Waals surface area contributed by atoms with Crippen LogP contribution in [-0.4, -0.2) is 12.6 Å². The van der Waals surface area contributed by atoms with E-state index < -0.39 is 0 Å². The lowest BCUT2D eigenvalue weighted by Crippen LogP contribution is -2.30. The maximum Gasteiger partial charge on any atom is 0.178 e. The molecule has 1 aromatic carbocycles. The van der Waals surface area contributed by atoms with Gasteiger partial charge in [-0.1, -0.05) is 13.0 Å². The molecule has 0 bridgehead atoms. The molecule has 0 aromatic heterocycles. The Bertz CT molecular complexity index is 314. The first kappa shape index (κ1) is 8.35. The normalized spacial score (nSPS) is 20.0. The van der Waals surface area contributed by atoms with Crippen molar-refractivity contribution in [1.29, 1.82) is 0 Å². The average Bonchev–Trinajstić information content (AvgIpc) is 2.18. The predicted octanol–water partition coefficient (Wildman–Crippen LogP) is 2.41. The van der Waals surface area contributed by atoms with E-state index in [1.165, 1.54) is 6.07 Å². The number of benzene rings is 1. The number of nitrogens with one attached hydrogen (secondary N) is 1. The molecule has 1 N–H and O–H groups in total. The fraction of sp³-hybridized carbons (Fsp3) is 0.400. The van der Waals surface area contributed by atoms with E-state index in [0.29, 0.717) is 5.75 Å². The van der Waals surface area contributed by atoms with Gasteiger partial charge in [-0.15, -0.1) is 0 Å². The largest absolute Gasteiger partial charge is 0.483 e. The van der Waals surface area contributed by atoms with Crippen LogP contribution < -0.4 is 10.1 Å². The Kier molecular flexibility index (Phi) is 2.08. The second-order valence-electron chi connectivity index (χ2n) is 3.15. The van der Waals surface area contributed by atoms with Gasteiger partial charge in [-0.2, -0.15) is 0 Å². The van der Waals surface area contributed by atoms with Crippen molar-refractivity contribution in [3.63, 3.8) is 0 Å². The third-order valence-electron chi connectivity index (χ3n) is 2.23. The lowest BCUT2D eigenvalue weighted by molar-refractivity contribution is 0.192. The summed E-state index contributed by atoms with van der Waals surface area (Å²) in [7, 11) is 0. The van der Waals surface area contributed by atoms with E-state index >= 15 is 0 Å². The molecule has 0 saturated carbocycles. The van der Waals surface area contributed by atoms with Gasteiger partial charge in [0.25, 0.3) is 0 Å². The highest BCUT2D eigenvalue weighted by Gasteiger charge is 2.20. The third-order valence-corrected chi connectivity index (χ3v) is 2.23. The number of rotatable bonds is 1. The van der Waals surface area contributed by atoms with Crippen molar-refractivity contribution in [3.8, 4) is 5.75 Å². The van der Waals surface area contributed by atoms with E-state index in [-0.39, 0.29) is 11.9 Å². The van der Waals surface area contributed by atoms with Crippen molar-refractivity contribution in [1.82, 2.24) is 0 Å². The SMILES string of the molecule is CCC1CNc2cccc(F)c2O1. The van der Waals surface area contributed by atoms with Gasteiger partial charge in [0.05, 0.1) is 12.2 Å². The summed E-state index contributed by atoms with van der Waals surface area (Å²) in [5.74, 6) is 0.0729. The van der Waals surface area contributed by atoms with Crippen molar-refractivity contribution in [3.05, 3.63) is 24.0 Å². The summed E-state index contributed by atoms with van der Waals surface area (Å²) in [6.07, 6.45) is 0.977. The van der Waals surface area contributed by atoms with Crippen LogP contribution in [0.25, 0.3) is 0 Å². The Labute approximate surface area is 76.7 Å². The Morgan fingerprint density at radius 2 is 2.46 bits per heavy atom. The minimum Gasteiger partial charge on any atom is -0.483 e. The lowest BCUT2D eigenvalue weighted by atomic mass is 10.2. The van der Waals surface area contributed by atoms with E-state index in [2.05, 4.69) is 5.32 Å². The van der Waals surface area contributed by atoms with Crippen LogP contribution in [0.3, 0.4) is 0 Å². The topological polar surface area (TPSA) is 21.3 Å². The maximum absolute atomic E-state index is 13.2. The summed E-state index contributed by atoms with van der Waals surface area (Å²) < 4.78 is 18.7. The molecule has 1 unspecified atom stereocenters.